The van der Waals surface area contributed by atoms with Gasteiger partial charge in [0, 0.05) is 6.20 Å². The molecule has 0 bridgehead atoms. The molecular weight excluding hydrogens is 142 g/mol. The van der Waals surface area contributed by atoms with Gasteiger partial charge < -0.3 is 0 Å². The standard InChI is InChI=1S/C4H3NOS2/c6-4(7)3-1-2-5-8-3/h1-2H,(H,6,7). The minimum Gasteiger partial charge on any atom is -0.281 e. The monoisotopic (exact) mass is 145 g/mol. The van der Waals surface area contributed by atoms with E-state index in [0.29, 0.717) is 4.88 Å². The molecule has 0 saturated carbocycles. The fourth-order valence-electron chi connectivity index (χ4n) is 0.326. The van der Waals surface area contributed by atoms with Crippen LogP contribution in [0.2, 0.25) is 0 Å². The number of rotatable bonds is 1. The predicted molar refractivity (Wildman–Crippen MR) is 35.4 cm³/mol. The van der Waals surface area contributed by atoms with Crippen LogP contribution in [0, 0.1) is 0 Å². The summed E-state index contributed by atoms with van der Waals surface area (Å²) in [7, 11) is 0. The van der Waals surface area contributed by atoms with Gasteiger partial charge in [0.1, 0.15) is 4.88 Å². The zero-order valence-corrected chi connectivity index (χ0v) is 5.58. The van der Waals surface area contributed by atoms with Crippen molar-refractivity contribution in [1.29, 1.82) is 0 Å². The first-order valence-electron chi connectivity index (χ1n) is 1.94. The van der Waals surface area contributed by atoms with Crippen molar-refractivity contribution in [1.82, 2.24) is 4.37 Å². The SMILES string of the molecule is O=C(S)c1ccns1. The molecule has 0 spiro atoms. The maximum absolute atomic E-state index is 10.3. The van der Waals surface area contributed by atoms with Gasteiger partial charge in [0.05, 0.1) is 0 Å². The normalized spacial score (nSPS) is 9.12. The van der Waals surface area contributed by atoms with Gasteiger partial charge in [-0.05, 0) is 17.6 Å². The Balaban J connectivity index is 2.93. The van der Waals surface area contributed by atoms with E-state index in [1.54, 1.807) is 12.3 Å². The molecule has 8 heavy (non-hydrogen) atoms. The van der Waals surface area contributed by atoms with Crippen molar-refractivity contribution in [3.63, 3.8) is 0 Å². The van der Waals surface area contributed by atoms with E-state index in [1.807, 2.05) is 0 Å². The van der Waals surface area contributed by atoms with Crippen LogP contribution in [-0.2, 0) is 0 Å². The van der Waals surface area contributed by atoms with Gasteiger partial charge in [0.2, 0.25) is 5.12 Å². The van der Waals surface area contributed by atoms with E-state index in [1.165, 1.54) is 0 Å². The van der Waals surface area contributed by atoms with E-state index < -0.39 is 0 Å². The van der Waals surface area contributed by atoms with Crippen LogP contribution in [0.15, 0.2) is 12.3 Å². The molecule has 0 aliphatic rings. The van der Waals surface area contributed by atoms with E-state index in [-0.39, 0.29) is 5.12 Å². The summed E-state index contributed by atoms with van der Waals surface area (Å²) >= 11 is 4.74. The maximum Gasteiger partial charge on any atom is 0.227 e. The average molecular weight is 145 g/mol. The molecule has 0 N–H and O–H groups in total. The summed E-state index contributed by atoms with van der Waals surface area (Å²) in [6, 6.07) is 1.64. The first kappa shape index (κ1) is 5.78. The molecule has 42 valence electrons. The summed E-state index contributed by atoms with van der Waals surface area (Å²) in [6.07, 6.45) is 1.58. The van der Waals surface area contributed by atoms with Crippen molar-refractivity contribution < 1.29 is 4.79 Å². The molecule has 0 unspecified atom stereocenters. The second kappa shape index (κ2) is 2.28. The molecule has 0 atom stereocenters. The lowest BCUT2D eigenvalue weighted by molar-refractivity contribution is 0.109. The number of aromatic nitrogens is 1. The number of nitrogens with zero attached hydrogens (tertiary/aromatic N) is 1. The molecule has 1 aromatic rings. The maximum atomic E-state index is 10.3. The summed E-state index contributed by atoms with van der Waals surface area (Å²) in [5.74, 6) is 0. The fourth-order valence-corrected chi connectivity index (χ4v) is 0.958. The Labute approximate surface area is 56.1 Å². The molecule has 0 aliphatic heterocycles. The first-order chi connectivity index (χ1) is 3.80. The molecule has 0 fully saturated rings. The third-order valence-corrected chi connectivity index (χ3v) is 1.79. The highest BCUT2D eigenvalue weighted by Crippen LogP contribution is 2.06. The molecule has 0 saturated heterocycles. The van der Waals surface area contributed by atoms with Crippen LogP contribution in [0.25, 0.3) is 0 Å². The van der Waals surface area contributed by atoms with Crippen molar-refractivity contribution in [2.75, 3.05) is 0 Å². The number of carbonyl (C=O) groups is 1. The quantitative estimate of drug-likeness (QED) is 0.602. The molecule has 2 nitrogen and oxygen atoms in total. The van der Waals surface area contributed by atoms with E-state index in [0.717, 1.165) is 11.5 Å². The number of hydrogen-bond acceptors (Lipinski definition) is 3. The fraction of sp³-hybridized carbons (Fsp3) is 0. The van der Waals surface area contributed by atoms with Crippen LogP contribution in [0.4, 0.5) is 0 Å². The Morgan fingerprint density at radius 3 is 2.88 bits per heavy atom. The van der Waals surface area contributed by atoms with Gasteiger partial charge >= 0.3 is 0 Å². The van der Waals surface area contributed by atoms with Crippen molar-refractivity contribution in [2.24, 2.45) is 0 Å². The van der Waals surface area contributed by atoms with E-state index in [2.05, 4.69) is 17.0 Å². The third-order valence-electron chi connectivity index (χ3n) is 0.649. The lowest BCUT2D eigenvalue weighted by Crippen LogP contribution is -1.78. The van der Waals surface area contributed by atoms with Crippen LogP contribution in [0.3, 0.4) is 0 Å². The number of thiol groups is 1. The summed E-state index contributed by atoms with van der Waals surface area (Å²) in [5, 5.41) is -0.215. The summed E-state index contributed by atoms with van der Waals surface area (Å²) in [5.41, 5.74) is 0. The minimum absolute atomic E-state index is 0.215. The highest BCUT2D eigenvalue weighted by atomic mass is 32.1. The molecule has 0 radical (unpaired) electrons. The number of hydrogen-bond donors (Lipinski definition) is 1. The molecule has 1 heterocycles. The van der Waals surface area contributed by atoms with Gasteiger partial charge in [-0.15, -0.1) is 0 Å². The van der Waals surface area contributed by atoms with Crippen LogP contribution >= 0.6 is 24.2 Å². The average Bonchev–Trinajstić information content (AvgIpc) is 2.12. The Bertz CT molecular complexity index is 182. The third kappa shape index (κ3) is 1.08. The molecule has 1 rings (SSSR count). The van der Waals surface area contributed by atoms with Crippen molar-refractivity contribution in [3.05, 3.63) is 17.1 Å². The predicted octanol–water partition coefficient (Wildman–Crippen LogP) is 1.21. The molecule has 0 aliphatic carbocycles. The Hall–Kier alpha value is -0.350. The Morgan fingerprint density at radius 1 is 1.88 bits per heavy atom. The second-order valence-corrected chi connectivity index (χ2v) is 2.42. The molecule has 1 aromatic heterocycles. The van der Waals surface area contributed by atoms with Gasteiger partial charge in [0.25, 0.3) is 0 Å². The lowest BCUT2D eigenvalue weighted by atomic mass is 10.5. The van der Waals surface area contributed by atoms with Gasteiger partial charge in [0.15, 0.2) is 0 Å². The number of carbonyl (C=O) groups excluding carboxylic acids is 1. The Kier molecular flexibility index (Phi) is 1.65. The second-order valence-electron chi connectivity index (χ2n) is 1.18. The van der Waals surface area contributed by atoms with Crippen molar-refractivity contribution in [2.45, 2.75) is 0 Å². The molecule has 0 amide bonds. The van der Waals surface area contributed by atoms with Gasteiger partial charge in [-0.2, -0.15) is 0 Å². The Morgan fingerprint density at radius 2 is 2.62 bits per heavy atom. The zero-order chi connectivity index (χ0) is 5.98. The molecule has 0 aromatic carbocycles. The van der Waals surface area contributed by atoms with Crippen molar-refractivity contribution in [3.8, 4) is 0 Å². The first-order valence-corrected chi connectivity index (χ1v) is 3.17. The van der Waals surface area contributed by atoms with Crippen LogP contribution in [0.1, 0.15) is 9.67 Å². The summed E-state index contributed by atoms with van der Waals surface area (Å²) < 4.78 is 3.72. The topological polar surface area (TPSA) is 30.0 Å². The van der Waals surface area contributed by atoms with E-state index in [4.69, 9.17) is 0 Å². The van der Waals surface area contributed by atoms with E-state index >= 15 is 0 Å². The summed E-state index contributed by atoms with van der Waals surface area (Å²) in [6.45, 7) is 0. The highest BCUT2D eigenvalue weighted by molar-refractivity contribution is 7.97. The van der Waals surface area contributed by atoms with Gasteiger partial charge in [-0.1, -0.05) is 12.6 Å². The van der Waals surface area contributed by atoms with Gasteiger partial charge in [-0.3, -0.25) is 4.79 Å². The molecular formula is C4H3NOS2. The van der Waals surface area contributed by atoms with Gasteiger partial charge in [-0.25, -0.2) is 4.37 Å². The van der Waals surface area contributed by atoms with E-state index in [9.17, 15) is 4.79 Å². The zero-order valence-electron chi connectivity index (χ0n) is 3.87. The van der Waals surface area contributed by atoms with Crippen molar-refractivity contribution >= 4 is 29.3 Å². The minimum atomic E-state index is -0.215. The molecule has 4 heteroatoms. The van der Waals surface area contributed by atoms with Crippen LogP contribution in [0.5, 0.6) is 0 Å². The van der Waals surface area contributed by atoms with Crippen LogP contribution < -0.4 is 0 Å². The highest BCUT2D eigenvalue weighted by Gasteiger charge is 1.98. The lowest BCUT2D eigenvalue weighted by Gasteiger charge is -1.76. The van der Waals surface area contributed by atoms with Crippen LogP contribution in [-0.4, -0.2) is 9.49 Å². The largest absolute Gasteiger partial charge is 0.281 e. The smallest absolute Gasteiger partial charge is 0.227 e. The summed E-state index contributed by atoms with van der Waals surface area (Å²) in [4.78, 5) is 10.9.